The molecule has 5 heteroatoms. The minimum Gasteiger partial charge on any atom is -0.314 e. The van der Waals surface area contributed by atoms with Gasteiger partial charge in [0.1, 0.15) is 6.17 Å². The summed E-state index contributed by atoms with van der Waals surface area (Å²) in [5, 5.41) is 11.0. The van der Waals surface area contributed by atoms with Crippen molar-refractivity contribution in [2.45, 2.75) is 12.6 Å². The lowest BCUT2D eigenvalue weighted by atomic mass is 10.3. The molecule has 0 bridgehead atoms. The minimum atomic E-state index is -0.109. The fourth-order valence-corrected chi connectivity index (χ4v) is 2.08. The third-order valence-electron chi connectivity index (χ3n) is 2.82. The molecule has 5 nitrogen and oxygen atoms in total. The summed E-state index contributed by atoms with van der Waals surface area (Å²) in [5.41, 5.74) is 0. The van der Waals surface area contributed by atoms with Gasteiger partial charge in [0.05, 0.1) is 0 Å². The van der Waals surface area contributed by atoms with Gasteiger partial charge >= 0.3 is 0 Å². The van der Waals surface area contributed by atoms with Crippen molar-refractivity contribution in [1.29, 1.82) is 0 Å². The lowest BCUT2D eigenvalue weighted by Crippen LogP contribution is -2.62. The van der Waals surface area contributed by atoms with E-state index < -0.39 is 0 Å². The molecule has 0 radical (unpaired) electrons. The topological polar surface area (TPSA) is 47.6 Å². The smallest absolute Gasteiger partial charge is 0.152 e. The standard InChI is InChI=1S/C9H18N4O/c14-8-9-11-2-1-5-13(9)12-6-3-10-4-7-12/h8-11H,1-7H2. The van der Waals surface area contributed by atoms with E-state index in [-0.39, 0.29) is 6.17 Å². The van der Waals surface area contributed by atoms with Crippen LogP contribution < -0.4 is 10.6 Å². The summed E-state index contributed by atoms with van der Waals surface area (Å²) in [5.74, 6) is 0. The van der Waals surface area contributed by atoms with E-state index in [2.05, 4.69) is 20.7 Å². The average Bonchev–Trinajstić information content (AvgIpc) is 2.30. The largest absolute Gasteiger partial charge is 0.314 e. The molecule has 2 fully saturated rings. The highest BCUT2D eigenvalue weighted by Gasteiger charge is 2.27. The van der Waals surface area contributed by atoms with Crippen LogP contribution in [-0.4, -0.2) is 61.7 Å². The summed E-state index contributed by atoms with van der Waals surface area (Å²) in [4.78, 5) is 10.9. The van der Waals surface area contributed by atoms with Crippen LogP contribution in [0.1, 0.15) is 6.42 Å². The Morgan fingerprint density at radius 3 is 2.64 bits per heavy atom. The Balaban J connectivity index is 1.94. The van der Waals surface area contributed by atoms with E-state index in [0.29, 0.717) is 0 Å². The highest BCUT2D eigenvalue weighted by Crippen LogP contribution is 2.08. The van der Waals surface area contributed by atoms with Gasteiger partial charge in [-0.15, -0.1) is 0 Å². The van der Waals surface area contributed by atoms with E-state index in [4.69, 9.17) is 0 Å². The first-order valence-electron chi connectivity index (χ1n) is 5.33. The maximum Gasteiger partial charge on any atom is 0.152 e. The highest BCUT2D eigenvalue weighted by molar-refractivity contribution is 5.56. The maximum absolute atomic E-state index is 10.9. The first-order valence-corrected chi connectivity index (χ1v) is 5.33. The van der Waals surface area contributed by atoms with Crippen LogP contribution >= 0.6 is 0 Å². The van der Waals surface area contributed by atoms with Crippen LogP contribution in [0.5, 0.6) is 0 Å². The van der Waals surface area contributed by atoms with Crippen molar-refractivity contribution in [3.63, 3.8) is 0 Å². The third-order valence-corrected chi connectivity index (χ3v) is 2.82. The van der Waals surface area contributed by atoms with Crippen molar-refractivity contribution < 1.29 is 4.79 Å². The second-order valence-corrected chi connectivity index (χ2v) is 3.76. The first-order chi connectivity index (χ1) is 6.92. The first kappa shape index (κ1) is 10.0. The highest BCUT2D eigenvalue weighted by atomic mass is 16.1. The monoisotopic (exact) mass is 198 g/mol. The van der Waals surface area contributed by atoms with Gasteiger partial charge in [-0.3, -0.25) is 5.32 Å². The second kappa shape index (κ2) is 4.84. The summed E-state index contributed by atoms with van der Waals surface area (Å²) >= 11 is 0. The molecule has 2 heterocycles. The molecule has 1 unspecified atom stereocenters. The molecule has 0 spiro atoms. The zero-order valence-corrected chi connectivity index (χ0v) is 8.41. The lowest BCUT2D eigenvalue weighted by Gasteiger charge is -2.43. The number of hydrogen-bond acceptors (Lipinski definition) is 5. The van der Waals surface area contributed by atoms with Gasteiger partial charge in [0.2, 0.25) is 0 Å². The van der Waals surface area contributed by atoms with Crippen molar-refractivity contribution >= 4 is 6.29 Å². The molecule has 2 N–H and O–H groups in total. The zero-order chi connectivity index (χ0) is 9.80. The van der Waals surface area contributed by atoms with Crippen LogP contribution in [0, 0.1) is 0 Å². The van der Waals surface area contributed by atoms with E-state index in [1.165, 1.54) is 0 Å². The molecule has 2 aliphatic rings. The summed E-state index contributed by atoms with van der Waals surface area (Å²) in [7, 11) is 0. The Morgan fingerprint density at radius 1 is 1.14 bits per heavy atom. The number of nitrogens with zero attached hydrogens (tertiary/aromatic N) is 2. The van der Waals surface area contributed by atoms with E-state index in [9.17, 15) is 4.79 Å². The molecule has 2 aliphatic heterocycles. The molecule has 80 valence electrons. The Kier molecular flexibility index (Phi) is 3.47. The van der Waals surface area contributed by atoms with Crippen LogP contribution in [0.2, 0.25) is 0 Å². The van der Waals surface area contributed by atoms with Crippen molar-refractivity contribution in [3.05, 3.63) is 0 Å². The van der Waals surface area contributed by atoms with Crippen molar-refractivity contribution in [3.8, 4) is 0 Å². The number of carbonyl (C=O) groups is 1. The molecular weight excluding hydrogens is 180 g/mol. The van der Waals surface area contributed by atoms with Crippen molar-refractivity contribution in [2.24, 2.45) is 0 Å². The van der Waals surface area contributed by atoms with Gasteiger partial charge in [0, 0.05) is 32.7 Å². The molecule has 0 amide bonds. The fourth-order valence-electron chi connectivity index (χ4n) is 2.08. The molecule has 0 saturated carbocycles. The summed E-state index contributed by atoms with van der Waals surface area (Å²) in [6.07, 6.45) is 2.01. The Morgan fingerprint density at radius 2 is 1.93 bits per heavy atom. The number of aldehydes is 1. The van der Waals surface area contributed by atoms with Crippen molar-refractivity contribution in [1.82, 2.24) is 20.7 Å². The minimum absolute atomic E-state index is 0.109. The lowest BCUT2D eigenvalue weighted by molar-refractivity contribution is -0.131. The summed E-state index contributed by atoms with van der Waals surface area (Å²) in [6, 6.07) is 0. The van der Waals surface area contributed by atoms with Crippen LogP contribution in [0.25, 0.3) is 0 Å². The molecular formula is C9H18N4O. The SMILES string of the molecule is O=CC1NCCCN1N1CCNCC1. The van der Waals surface area contributed by atoms with Gasteiger partial charge in [-0.25, -0.2) is 10.0 Å². The van der Waals surface area contributed by atoms with Gasteiger partial charge in [-0.1, -0.05) is 0 Å². The normalized spacial score (nSPS) is 31.6. The Bertz CT molecular complexity index is 193. The molecule has 0 aromatic heterocycles. The number of piperazine rings is 1. The van der Waals surface area contributed by atoms with Crippen molar-refractivity contribution in [2.75, 3.05) is 39.3 Å². The molecule has 0 aromatic carbocycles. The molecule has 2 saturated heterocycles. The number of carbonyl (C=O) groups excluding carboxylic acids is 1. The summed E-state index contributed by atoms with van der Waals surface area (Å²) < 4.78 is 0. The number of hydrogen-bond donors (Lipinski definition) is 2. The van der Waals surface area contributed by atoms with Crippen LogP contribution in [0.4, 0.5) is 0 Å². The van der Waals surface area contributed by atoms with Gasteiger partial charge in [0.25, 0.3) is 0 Å². The van der Waals surface area contributed by atoms with Crippen LogP contribution in [0.15, 0.2) is 0 Å². The predicted octanol–water partition coefficient (Wildman–Crippen LogP) is -1.37. The van der Waals surface area contributed by atoms with Crippen LogP contribution in [-0.2, 0) is 4.79 Å². The maximum atomic E-state index is 10.9. The van der Waals surface area contributed by atoms with Crippen LogP contribution in [0.3, 0.4) is 0 Å². The third kappa shape index (κ3) is 2.12. The Hall–Kier alpha value is -0.490. The van der Waals surface area contributed by atoms with E-state index in [1.807, 2.05) is 0 Å². The molecule has 14 heavy (non-hydrogen) atoms. The Labute approximate surface area is 84.4 Å². The second-order valence-electron chi connectivity index (χ2n) is 3.76. The van der Waals surface area contributed by atoms with Gasteiger partial charge in [-0.2, -0.15) is 0 Å². The molecule has 0 aromatic rings. The fraction of sp³-hybridized carbons (Fsp3) is 0.889. The number of rotatable bonds is 2. The average molecular weight is 198 g/mol. The number of nitrogens with one attached hydrogen (secondary N) is 2. The van der Waals surface area contributed by atoms with Gasteiger partial charge in [-0.05, 0) is 13.0 Å². The molecule has 0 aliphatic carbocycles. The predicted molar refractivity (Wildman–Crippen MR) is 53.6 cm³/mol. The zero-order valence-electron chi connectivity index (χ0n) is 8.41. The van der Waals surface area contributed by atoms with Gasteiger partial charge in [0.15, 0.2) is 6.29 Å². The van der Waals surface area contributed by atoms with Gasteiger partial charge < -0.3 is 10.1 Å². The summed E-state index contributed by atoms with van der Waals surface area (Å²) in [6.45, 7) is 5.99. The molecule has 1 atom stereocenters. The van der Waals surface area contributed by atoms with E-state index >= 15 is 0 Å². The molecule has 2 rings (SSSR count). The quantitative estimate of drug-likeness (QED) is 0.536. The van der Waals surface area contributed by atoms with E-state index in [0.717, 1.165) is 52.0 Å². The number of hydrazine groups is 1. The van der Waals surface area contributed by atoms with E-state index in [1.54, 1.807) is 0 Å².